The molecule has 26 heteroatoms. The van der Waals surface area contributed by atoms with E-state index in [0.717, 1.165) is 56.8 Å². The normalized spacial score (nSPS) is 9.60. The van der Waals surface area contributed by atoms with E-state index in [1.807, 2.05) is 112 Å². The zero-order valence-corrected chi connectivity index (χ0v) is 64.6. The molecule has 0 spiro atoms. The van der Waals surface area contributed by atoms with Crippen molar-refractivity contribution in [3.8, 4) is 0 Å². The highest BCUT2D eigenvalue weighted by Gasteiger charge is 2.09. The predicted octanol–water partition coefficient (Wildman–Crippen LogP) is 19.4. The number of rotatable bonds is 0. The Morgan fingerprint density at radius 3 is 0.736 bits per heavy atom. The predicted molar refractivity (Wildman–Crippen MR) is 395 cm³/mol. The minimum atomic E-state index is -0.847. The van der Waals surface area contributed by atoms with Gasteiger partial charge in [0.25, 0.3) is 0 Å². The standard InChI is InChI=1S/2C7H7F2N.4C7H8FN.2C7H9N.2C6H7FN2.2C6H8N2/c2*1-4-3-10-5(2)7(9)6(4)8;1-5-4-9-6(2)3-7(5)8;1-5-3-7(8)6(2)9-4-5;2*1-5-3-4-6(2)9-7(5)8;2*1-6-3-4-7(2)8-5-6;2*1-4-3-8-5(2)9-6(4)7;2*1-5-3-7-6(2)8-4-5/h2*3H,1-2H3;4*3-4H,1-2H3;2*3-5H,1-2H3;2*3H,1-2H3;2*3-4H,1-2H3. The molecule has 12 aromatic heterocycles. The molecule has 16 nitrogen and oxygen atoms in total. The number of pyridine rings is 8. The van der Waals surface area contributed by atoms with Gasteiger partial charge in [0.2, 0.25) is 23.8 Å². The van der Waals surface area contributed by atoms with Crippen molar-refractivity contribution in [1.29, 1.82) is 0 Å². The minimum absolute atomic E-state index is 0.100. The molecule has 0 amide bonds. The molecule has 12 aromatic rings. The molecule has 0 radical (unpaired) electrons. The van der Waals surface area contributed by atoms with Crippen molar-refractivity contribution >= 4 is 0 Å². The van der Waals surface area contributed by atoms with Gasteiger partial charge in [0, 0.05) is 142 Å². The SMILES string of the molecule is Cc1cc(F)c(C)cn1.Cc1ccc(C)c(F)n1.Cc1ccc(C)c(F)n1.Cc1ccc(C)nc1.Cc1ccc(C)nc1.Cc1cnc(C)c(F)c1.Cc1cnc(C)c(F)c1F.Cc1cnc(C)c(F)c1F.Cc1cnc(C)nc1.Cc1cnc(C)nc1.Cc1ncc(C)c(F)n1.Cc1ncc(C)c(F)n1. The van der Waals surface area contributed by atoms with Crippen LogP contribution in [-0.2, 0) is 0 Å². The van der Waals surface area contributed by atoms with Crippen molar-refractivity contribution in [2.75, 3.05) is 0 Å². The van der Waals surface area contributed by atoms with Gasteiger partial charge >= 0.3 is 0 Å². The molecule has 0 aliphatic rings. The van der Waals surface area contributed by atoms with Gasteiger partial charge in [-0.2, -0.15) is 17.6 Å². The van der Waals surface area contributed by atoms with Gasteiger partial charge in [0.05, 0.1) is 17.1 Å². The lowest BCUT2D eigenvalue weighted by atomic mass is 10.2. The highest BCUT2D eigenvalue weighted by Crippen LogP contribution is 2.13. The van der Waals surface area contributed by atoms with Crippen LogP contribution in [0.3, 0.4) is 0 Å². The smallest absolute Gasteiger partial charge is 0.219 e. The second-order valence-corrected chi connectivity index (χ2v) is 23.9. The van der Waals surface area contributed by atoms with Gasteiger partial charge in [-0.3, -0.25) is 29.9 Å². The molecule has 12 rings (SSSR count). The summed E-state index contributed by atoms with van der Waals surface area (Å²) in [5.41, 5.74) is 13.7. The van der Waals surface area contributed by atoms with Gasteiger partial charge in [-0.25, -0.2) is 76.2 Å². The Morgan fingerprint density at radius 1 is 0.189 bits per heavy atom. The zero-order chi connectivity index (χ0) is 80.5. The lowest BCUT2D eigenvalue weighted by molar-refractivity contribution is 0.491. The van der Waals surface area contributed by atoms with E-state index in [0.29, 0.717) is 45.2 Å². The maximum Gasteiger partial charge on any atom is 0.219 e. The van der Waals surface area contributed by atoms with Gasteiger partial charge in [0.1, 0.15) is 34.9 Å². The maximum absolute atomic E-state index is 12.6. The summed E-state index contributed by atoms with van der Waals surface area (Å²) in [6.45, 7) is 42.0. The van der Waals surface area contributed by atoms with Crippen molar-refractivity contribution < 1.29 is 43.9 Å². The highest BCUT2D eigenvalue weighted by molar-refractivity contribution is 5.20. The monoisotopic (exact) mass is 1470 g/mol. The largest absolute Gasteiger partial charge is 0.261 e. The molecule has 106 heavy (non-hydrogen) atoms. The van der Waals surface area contributed by atoms with E-state index in [2.05, 4.69) is 91.9 Å². The van der Waals surface area contributed by atoms with E-state index < -0.39 is 35.2 Å². The molecule has 0 fully saturated rings. The number of hydrogen-bond acceptors (Lipinski definition) is 16. The Balaban J connectivity index is 0.000000579. The third-order valence-electron chi connectivity index (χ3n) is 13.3. The topological polar surface area (TPSA) is 206 Å². The molecule has 0 N–H and O–H groups in total. The third kappa shape index (κ3) is 39.5. The summed E-state index contributed by atoms with van der Waals surface area (Å²) in [4.78, 5) is 60.8. The maximum atomic E-state index is 12.6. The van der Waals surface area contributed by atoms with Crippen LogP contribution in [-0.4, -0.2) is 79.7 Å². The molecule has 12 heterocycles. The Kier molecular flexibility index (Phi) is 42.7. The second-order valence-electron chi connectivity index (χ2n) is 23.9. The summed E-state index contributed by atoms with van der Waals surface area (Å²) < 4.78 is 125. The van der Waals surface area contributed by atoms with E-state index in [4.69, 9.17) is 0 Å². The van der Waals surface area contributed by atoms with Crippen LogP contribution in [0.25, 0.3) is 0 Å². The fraction of sp³-hybridized carbons (Fsp3) is 0.300. The fourth-order valence-electron chi connectivity index (χ4n) is 6.67. The second kappa shape index (κ2) is 48.7. The zero-order valence-electron chi connectivity index (χ0n) is 64.6. The van der Waals surface area contributed by atoms with Crippen LogP contribution in [0.2, 0.25) is 0 Å². The molecule has 0 saturated carbocycles. The number of halogens is 10. The Hall–Kier alpha value is -11.2. The van der Waals surface area contributed by atoms with Crippen molar-refractivity contribution in [2.24, 2.45) is 0 Å². The molecular weight excluding hydrogens is 1370 g/mol. The van der Waals surface area contributed by atoms with Crippen LogP contribution in [0, 0.1) is 225 Å². The fourth-order valence-corrected chi connectivity index (χ4v) is 6.67. The molecule has 0 aliphatic heterocycles. The van der Waals surface area contributed by atoms with Crippen LogP contribution >= 0.6 is 0 Å². The summed E-state index contributed by atoms with van der Waals surface area (Å²) in [6, 6.07) is 18.1. The molecule has 0 unspecified atom stereocenters. The molecule has 0 atom stereocenters. The van der Waals surface area contributed by atoms with E-state index in [-0.39, 0.29) is 46.0 Å². The molecular formula is C80H94F10N16. The van der Waals surface area contributed by atoms with E-state index in [9.17, 15) is 43.9 Å². The first-order valence-electron chi connectivity index (χ1n) is 32.7. The van der Waals surface area contributed by atoms with Gasteiger partial charge < -0.3 is 0 Å². The van der Waals surface area contributed by atoms with Gasteiger partial charge in [-0.1, -0.05) is 24.3 Å². The molecule has 0 aromatic carbocycles. The van der Waals surface area contributed by atoms with Gasteiger partial charge in [-0.15, -0.1) is 0 Å². The molecule has 0 bridgehead atoms. The molecule has 0 saturated heterocycles. The summed E-state index contributed by atoms with van der Waals surface area (Å²) in [5.74, 6) is -2.69. The van der Waals surface area contributed by atoms with Crippen molar-refractivity contribution in [3.63, 3.8) is 0 Å². The summed E-state index contributed by atoms with van der Waals surface area (Å²) in [5, 5.41) is 0. The van der Waals surface area contributed by atoms with Gasteiger partial charge in [0.15, 0.2) is 23.3 Å². The van der Waals surface area contributed by atoms with E-state index in [1.165, 1.54) is 81.9 Å². The van der Waals surface area contributed by atoms with Crippen LogP contribution < -0.4 is 0 Å². The Morgan fingerprint density at radius 2 is 0.481 bits per heavy atom. The van der Waals surface area contributed by atoms with Crippen molar-refractivity contribution in [3.05, 3.63) is 329 Å². The highest BCUT2D eigenvalue weighted by atomic mass is 19.2. The van der Waals surface area contributed by atoms with E-state index in [1.54, 1.807) is 107 Å². The minimum Gasteiger partial charge on any atom is -0.261 e. The first-order valence-corrected chi connectivity index (χ1v) is 32.7. The number of aromatic nitrogens is 16. The van der Waals surface area contributed by atoms with Crippen molar-refractivity contribution in [1.82, 2.24) is 79.7 Å². The lowest BCUT2D eigenvalue weighted by Crippen LogP contribution is -1.95. The van der Waals surface area contributed by atoms with Crippen LogP contribution in [0.5, 0.6) is 0 Å². The quantitative estimate of drug-likeness (QED) is 0.0786. The van der Waals surface area contributed by atoms with Crippen LogP contribution in [0.4, 0.5) is 43.9 Å². The summed E-state index contributed by atoms with van der Waals surface area (Å²) in [6.07, 6.45) is 19.7. The summed E-state index contributed by atoms with van der Waals surface area (Å²) >= 11 is 0. The first-order chi connectivity index (χ1) is 49.6. The van der Waals surface area contributed by atoms with Crippen molar-refractivity contribution in [2.45, 2.75) is 166 Å². The summed E-state index contributed by atoms with van der Waals surface area (Å²) in [7, 11) is 0. The van der Waals surface area contributed by atoms with Gasteiger partial charge in [-0.05, 0) is 230 Å². The Labute approximate surface area is 616 Å². The van der Waals surface area contributed by atoms with Crippen LogP contribution in [0.1, 0.15) is 136 Å². The Bertz CT molecular complexity index is 3840. The van der Waals surface area contributed by atoms with Crippen LogP contribution in [0.15, 0.2) is 135 Å². The molecule has 0 aliphatic carbocycles. The number of aryl methyl sites for hydroxylation is 24. The lowest BCUT2D eigenvalue weighted by Gasteiger charge is -1.98. The number of nitrogens with zero attached hydrogens (tertiary/aromatic N) is 16. The average Bonchev–Trinajstić information content (AvgIpc) is 0.855. The average molecular weight is 1470 g/mol. The first kappa shape index (κ1) is 92.8. The third-order valence-corrected chi connectivity index (χ3v) is 13.3. The van der Waals surface area contributed by atoms with E-state index >= 15 is 0 Å². The molecule has 564 valence electrons. The number of hydrogen-bond donors (Lipinski definition) is 0.